The molecule has 0 unspecified atom stereocenters. The first kappa shape index (κ1) is 15.1. The Kier molecular flexibility index (Phi) is 5.12. The summed E-state index contributed by atoms with van der Waals surface area (Å²) < 4.78 is 29.6. The van der Waals surface area contributed by atoms with Gasteiger partial charge in [0.1, 0.15) is 0 Å². The van der Waals surface area contributed by atoms with Gasteiger partial charge in [0.2, 0.25) is 0 Å². The van der Waals surface area contributed by atoms with Crippen molar-refractivity contribution in [2.75, 3.05) is 0 Å². The van der Waals surface area contributed by atoms with Crippen LogP contribution in [0, 0.1) is 6.92 Å². The maximum absolute atomic E-state index is 10.5. The molecule has 0 aromatic heterocycles. The Morgan fingerprint density at radius 2 is 1.38 bits per heavy atom. The first-order valence-corrected chi connectivity index (χ1v) is 6.21. The highest BCUT2D eigenvalue weighted by atomic mass is 32.2. The van der Waals surface area contributed by atoms with E-state index in [1.54, 1.807) is 32.9 Å². The molecule has 0 atom stereocenters. The predicted octanol–water partition coefficient (Wildman–Crippen LogP) is 2.02. The largest absolute Gasteiger partial charge is 0.391 e. The van der Waals surface area contributed by atoms with Crippen molar-refractivity contribution in [2.45, 2.75) is 38.2 Å². The zero-order chi connectivity index (χ0) is 13.0. The lowest BCUT2D eigenvalue weighted by atomic mass is 10.2. The van der Waals surface area contributed by atoms with Gasteiger partial charge in [-0.1, -0.05) is 17.7 Å². The van der Waals surface area contributed by atoms with E-state index in [0.29, 0.717) is 0 Å². The number of hydrogen-bond donors (Lipinski definition) is 2. The molecule has 0 aliphatic carbocycles. The van der Waals surface area contributed by atoms with Crippen LogP contribution in [0.4, 0.5) is 0 Å². The van der Waals surface area contributed by atoms with E-state index in [4.69, 9.17) is 9.66 Å². The molecule has 0 aliphatic rings. The molecule has 0 fully saturated rings. The number of hydrogen-bond acceptors (Lipinski definition) is 3. The molecule has 0 heterocycles. The van der Waals surface area contributed by atoms with Gasteiger partial charge in [0.25, 0.3) is 10.1 Å². The summed E-state index contributed by atoms with van der Waals surface area (Å²) in [6.07, 6.45) is 0. The zero-order valence-corrected chi connectivity index (χ0v) is 10.7. The van der Waals surface area contributed by atoms with Gasteiger partial charge in [-0.2, -0.15) is 8.42 Å². The molecule has 0 bridgehead atoms. The third-order valence-corrected chi connectivity index (χ3v) is 2.19. The molecule has 0 saturated heterocycles. The third-order valence-electron chi connectivity index (χ3n) is 1.32. The molecule has 1 aromatic rings. The fraction of sp³-hybridized carbons (Fsp3) is 0.455. The van der Waals surface area contributed by atoms with Gasteiger partial charge in [0, 0.05) is 0 Å². The summed E-state index contributed by atoms with van der Waals surface area (Å²) in [7, 11) is -4.02. The van der Waals surface area contributed by atoms with Crippen LogP contribution in [0.5, 0.6) is 0 Å². The normalized spacial score (nSPS) is 11.6. The average molecular weight is 246 g/mol. The van der Waals surface area contributed by atoms with Crippen LogP contribution in [-0.2, 0) is 10.1 Å². The number of benzene rings is 1. The number of aliphatic hydroxyl groups is 1. The monoisotopic (exact) mass is 246 g/mol. The molecule has 1 aromatic carbocycles. The second-order valence-electron chi connectivity index (χ2n) is 4.46. The van der Waals surface area contributed by atoms with Gasteiger partial charge in [-0.05, 0) is 39.8 Å². The summed E-state index contributed by atoms with van der Waals surface area (Å²) in [6.45, 7) is 7.07. The van der Waals surface area contributed by atoms with Crippen molar-refractivity contribution >= 4 is 10.1 Å². The Labute approximate surface area is 96.7 Å². The summed E-state index contributed by atoms with van der Waals surface area (Å²) in [4.78, 5) is -0.0666. The van der Waals surface area contributed by atoms with Crippen LogP contribution >= 0.6 is 0 Å². The standard InChI is InChI=1S/C7H8O3S.C4H10O/c1-6-2-4-7(5-3-6)11(8,9)10;1-4(2,3)5/h2-5H,1H3,(H,8,9,10);5H,1-3H3. The van der Waals surface area contributed by atoms with Crippen LogP contribution in [0.2, 0.25) is 0 Å². The topological polar surface area (TPSA) is 74.6 Å². The van der Waals surface area contributed by atoms with Crippen LogP contribution in [0.1, 0.15) is 26.3 Å². The number of rotatable bonds is 1. The SMILES string of the molecule is CC(C)(C)O.Cc1ccc(S(=O)(=O)O)cc1. The Balaban J connectivity index is 0.000000385. The lowest BCUT2D eigenvalue weighted by molar-refractivity contribution is 0.102. The van der Waals surface area contributed by atoms with Gasteiger partial charge < -0.3 is 5.11 Å². The van der Waals surface area contributed by atoms with Crippen molar-refractivity contribution < 1.29 is 18.1 Å². The van der Waals surface area contributed by atoms with E-state index in [2.05, 4.69) is 0 Å². The Morgan fingerprint density at radius 3 is 1.62 bits per heavy atom. The van der Waals surface area contributed by atoms with Crippen LogP contribution in [0.25, 0.3) is 0 Å². The van der Waals surface area contributed by atoms with Crippen molar-refractivity contribution in [3.8, 4) is 0 Å². The van der Waals surface area contributed by atoms with Gasteiger partial charge in [-0.15, -0.1) is 0 Å². The van der Waals surface area contributed by atoms with Crippen molar-refractivity contribution in [1.82, 2.24) is 0 Å². The average Bonchev–Trinajstić information content (AvgIpc) is 1.99. The minimum atomic E-state index is -4.02. The van der Waals surface area contributed by atoms with E-state index in [1.807, 2.05) is 6.92 Å². The molecule has 0 radical (unpaired) electrons. The second-order valence-corrected chi connectivity index (χ2v) is 5.88. The molecule has 16 heavy (non-hydrogen) atoms. The third kappa shape index (κ3) is 8.40. The molecule has 2 N–H and O–H groups in total. The van der Waals surface area contributed by atoms with Gasteiger partial charge in [0.05, 0.1) is 10.5 Å². The minimum absolute atomic E-state index is 0.0666. The molecule has 0 spiro atoms. The van der Waals surface area contributed by atoms with Crippen molar-refractivity contribution in [2.24, 2.45) is 0 Å². The van der Waals surface area contributed by atoms with E-state index >= 15 is 0 Å². The highest BCUT2D eigenvalue weighted by Gasteiger charge is 2.06. The fourth-order valence-corrected chi connectivity index (χ4v) is 1.19. The van der Waals surface area contributed by atoms with E-state index in [-0.39, 0.29) is 4.90 Å². The lowest BCUT2D eigenvalue weighted by Crippen LogP contribution is -2.10. The second kappa shape index (κ2) is 5.43. The van der Waals surface area contributed by atoms with Gasteiger partial charge in [0.15, 0.2) is 0 Å². The molecule has 5 heteroatoms. The first-order valence-electron chi connectivity index (χ1n) is 4.77. The van der Waals surface area contributed by atoms with Gasteiger partial charge in [-0.25, -0.2) is 0 Å². The van der Waals surface area contributed by atoms with E-state index in [1.165, 1.54) is 12.1 Å². The summed E-state index contributed by atoms with van der Waals surface area (Å²) in [5, 5.41) is 8.52. The van der Waals surface area contributed by atoms with Crippen LogP contribution < -0.4 is 0 Å². The number of aryl methyl sites for hydroxylation is 1. The fourth-order valence-electron chi connectivity index (χ4n) is 0.710. The van der Waals surface area contributed by atoms with Gasteiger partial charge in [-0.3, -0.25) is 4.55 Å². The Morgan fingerprint density at radius 1 is 1.06 bits per heavy atom. The molecule has 0 saturated carbocycles. The van der Waals surface area contributed by atoms with Crippen LogP contribution in [0.15, 0.2) is 29.2 Å². The van der Waals surface area contributed by atoms with Crippen molar-refractivity contribution in [3.05, 3.63) is 29.8 Å². The zero-order valence-electron chi connectivity index (χ0n) is 9.93. The molecule has 0 amide bonds. The summed E-state index contributed by atoms with van der Waals surface area (Å²) in [5.74, 6) is 0. The Bertz CT molecular complexity index is 406. The highest BCUT2D eigenvalue weighted by Crippen LogP contribution is 2.08. The van der Waals surface area contributed by atoms with Crippen molar-refractivity contribution in [3.63, 3.8) is 0 Å². The maximum atomic E-state index is 10.5. The van der Waals surface area contributed by atoms with E-state index in [9.17, 15) is 8.42 Å². The summed E-state index contributed by atoms with van der Waals surface area (Å²) in [6, 6.07) is 5.99. The van der Waals surface area contributed by atoms with E-state index < -0.39 is 15.7 Å². The molecule has 4 nitrogen and oxygen atoms in total. The molecule has 1 rings (SSSR count). The van der Waals surface area contributed by atoms with E-state index in [0.717, 1.165) is 5.56 Å². The smallest absolute Gasteiger partial charge is 0.294 e. The quantitative estimate of drug-likeness (QED) is 0.743. The summed E-state index contributed by atoms with van der Waals surface area (Å²) in [5.41, 5.74) is 0.456. The summed E-state index contributed by atoms with van der Waals surface area (Å²) >= 11 is 0. The predicted molar refractivity (Wildman–Crippen MR) is 63.0 cm³/mol. The maximum Gasteiger partial charge on any atom is 0.294 e. The lowest BCUT2D eigenvalue weighted by Gasteiger charge is -2.04. The first-order chi connectivity index (χ1) is 7.00. The van der Waals surface area contributed by atoms with Gasteiger partial charge >= 0.3 is 0 Å². The molecule has 92 valence electrons. The molecular weight excluding hydrogens is 228 g/mol. The minimum Gasteiger partial charge on any atom is -0.391 e. The molecule has 0 aliphatic heterocycles. The van der Waals surface area contributed by atoms with Crippen molar-refractivity contribution in [1.29, 1.82) is 0 Å². The van der Waals surface area contributed by atoms with Crippen LogP contribution in [-0.4, -0.2) is 23.7 Å². The van der Waals surface area contributed by atoms with Crippen LogP contribution in [0.3, 0.4) is 0 Å². The highest BCUT2D eigenvalue weighted by molar-refractivity contribution is 7.85. The Hall–Kier alpha value is -0.910. The molecular formula is C11H18O4S.